The third-order valence-corrected chi connectivity index (χ3v) is 2.97. The van der Waals surface area contributed by atoms with Gasteiger partial charge in [0.25, 0.3) is 0 Å². The second kappa shape index (κ2) is 4.64. The van der Waals surface area contributed by atoms with Gasteiger partial charge in [0.1, 0.15) is 0 Å². The van der Waals surface area contributed by atoms with E-state index in [1.165, 1.54) is 0 Å². The van der Waals surface area contributed by atoms with E-state index < -0.39 is 0 Å². The van der Waals surface area contributed by atoms with Crippen LogP contribution in [0, 0.1) is 5.92 Å². The third-order valence-electron chi connectivity index (χ3n) is 2.97. The van der Waals surface area contributed by atoms with Gasteiger partial charge in [-0.25, -0.2) is 4.79 Å². The van der Waals surface area contributed by atoms with Crippen LogP contribution in [0.15, 0.2) is 0 Å². The fourth-order valence-electron chi connectivity index (χ4n) is 1.84. The van der Waals surface area contributed by atoms with E-state index in [0.29, 0.717) is 12.5 Å². The van der Waals surface area contributed by atoms with Crippen LogP contribution in [0.3, 0.4) is 0 Å². The van der Waals surface area contributed by atoms with Gasteiger partial charge in [0.05, 0.1) is 0 Å². The predicted octanol–water partition coefficient (Wildman–Crippen LogP) is 0.727. The Morgan fingerprint density at radius 2 is 2.00 bits per heavy atom. The molecule has 0 spiro atoms. The third kappa shape index (κ3) is 2.18. The summed E-state index contributed by atoms with van der Waals surface area (Å²) in [6.45, 7) is 9.15. The summed E-state index contributed by atoms with van der Waals surface area (Å²) >= 11 is 0. The number of carbonyl (C=O) groups is 1. The molecule has 2 N–H and O–H groups in total. The summed E-state index contributed by atoms with van der Waals surface area (Å²) in [7, 11) is 0. The van der Waals surface area contributed by atoms with Gasteiger partial charge >= 0.3 is 6.03 Å². The molecule has 0 radical (unpaired) electrons. The Bertz CT molecular complexity index is 194. The second-order valence-electron chi connectivity index (χ2n) is 4.00. The molecule has 0 aromatic rings. The summed E-state index contributed by atoms with van der Waals surface area (Å²) in [5.41, 5.74) is 5.88. The molecule has 0 aromatic carbocycles. The van der Waals surface area contributed by atoms with Crippen molar-refractivity contribution in [2.45, 2.75) is 26.8 Å². The van der Waals surface area contributed by atoms with Crippen LogP contribution >= 0.6 is 0 Å². The van der Waals surface area contributed by atoms with E-state index in [0.717, 1.165) is 19.6 Å². The lowest BCUT2D eigenvalue weighted by molar-refractivity contribution is 0.166. The molecule has 2 amide bonds. The van der Waals surface area contributed by atoms with Gasteiger partial charge in [0, 0.05) is 32.2 Å². The summed E-state index contributed by atoms with van der Waals surface area (Å²) in [4.78, 5) is 15.6. The molecule has 1 aliphatic rings. The van der Waals surface area contributed by atoms with Crippen molar-refractivity contribution in [3.8, 4) is 0 Å². The molecule has 0 aromatic heterocycles. The molecule has 14 heavy (non-hydrogen) atoms. The van der Waals surface area contributed by atoms with Gasteiger partial charge in [-0.05, 0) is 19.8 Å². The first-order valence-electron chi connectivity index (χ1n) is 5.39. The molecule has 0 saturated carbocycles. The molecular weight excluding hydrogens is 178 g/mol. The summed E-state index contributed by atoms with van der Waals surface area (Å²) < 4.78 is 0. The highest BCUT2D eigenvalue weighted by Gasteiger charge is 2.31. The molecule has 4 nitrogen and oxygen atoms in total. The Morgan fingerprint density at radius 1 is 1.43 bits per heavy atom. The van der Waals surface area contributed by atoms with Gasteiger partial charge in [-0.3, -0.25) is 0 Å². The van der Waals surface area contributed by atoms with Gasteiger partial charge in [0.2, 0.25) is 0 Å². The van der Waals surface area contributed by atoms with Crippen LogP contribution in [-0.2, 0) is 0 Å². The van der Waals surface area contributed by atoms with E-state index in [1.807, 2.05) is 23.6 Å². The molecule has 2 atom stereocenters. The van der Waals surface area contributed by atoms with Crippen LogP contribution in [0.2, 0.25) is 0 Å². The van der Waals surface area contributed by atoms with Gasteiger partial charge in [-0.2, -0.15) is 0 Å². The molecule has 82 valence electrons. The minimum Gasteiger partial charge on any atom is -0.326 e. The van der Waals surface area contributed by atoms with Crippen LogP contribution in [0.4, 0.5) is 4.79 Å². The maximum Gasteiger partial charge on any atom is 0.320 e. The molecule has 2 unspecified atom stereocenters. The average Bonchev–Trinajstić information content (AvgIpc) is 2.49. The Labute approximate surface area is 86.0 Å². The number of nitrogens with zero attached hydrogens (tertiary/aromatic N) is 2. The van der Waals surface area contributed by atoms with E-state index in [1.54, 1.807) is 0 Å². The van der Waals surface area contributed by atoms with Crippen LogP contribution < -0.4 is 5.73 Å². The van der Waals surface area contributed by atoms with Crippen molar-refractivity contribution >= 4 is 6.03 Å². The molecule has 1 saturated heterocycles. The zero-order valence-electron chi connectivity index (χ0n) is 9.36. The maximum atomic E-state index is 11.9. The number of hydrogen-bond acceptors (Lipinski definition) is 2. The maximum absolute atomic E-state index is 11.9. The first-order chi connectivity index (χ1) is 6.60. The predicted molar refractivity (Wildman–Crippen MR) is 57.0 cm³/mol. The molecular formula is C10H21N3O. The lowest BCUT2D eigenvalue weighted by atomic mass is 10.1. The zero-order chi connectivity index (χ0) is 10.7. The van der Waals surface area contributed by atoms with Crippen molar-refractivity contribution in [2.24, 2.45) is 11.7 Å². The molecule has 0 bridgehead atoms. The highest BCUT2D eigenvalue weighted by atomic mass is 16.2. The minimum absolute atomic E-state index is 0.134. The largest absolute Gasteiger partial charge is 0.326 e. The van der Waals surface area contributed by atoms with Crippen molar-refractivity contribution in [3.05, 3.63) is 0 Å². The van der Waals surface area contributed by atoms with Crippen molar-refractivity contribution < 1.29 is 4.79 Å². The van der Waals surface area contributed by atoms with E-state index in [2.05, 4.69) is 6.92 Å². The Hall–Kier alpha value is -0.770. The summed E-state index contributed by atoms with van der Waals surface area (Å²) in [5, 5.41) is 0. The summed E-state index contributed by atoms with van der Waals surface area (Å²) in [6, 6.07) is 0.282. The standard InChI is InChI=1S/C10H21N3O/c1-4-12(5-2)10(14)13-6-8(3)9(11)7-13/h8-9H,4-7,11H2,1-3H3. The fraction of sp³-hybridized carbons (Fsp3) is 0.900. The van der Waals surface area contributed by atoms with E-state index in [-0.39, 0.29) is 12.1 Å². The first kappa shape index (κ1) is 11.3. The van der Waals surface area contributed by atoms with Crippen molar-refractivity contribution in [1.29, 1.82) is 0 Å². The lowest BCUT2D eigenvalue weighted by Gasteiger charge is -2.25. The summed E-state index contributed by atoms with van der Waals surface area (Å²) in [5.74, 6) is 0.425. The van der Waals surface area contributed by atoms with Crippen LogP contribution in [-0.4, -0.2) is 48.1 Å². The average molecular weight is 199 g/mol. The molecule has 1 fully saturated rings. The number of carbonyl (C=O) groups excluding carboxylic acids is 1. The topological polar surface area (TPSA) is 49.6 Å². The molecule has 0 aliphatic carbocycles. The molecule has 4 heteroatoms. The van der Waals surface area contributed by atoms with E-state index >= 15 is 0 Å². The second-order valence-corrected chi connectivity index (χ2v) is 4.00. The Balaban J connectivity index is 2.54. The number of likely N-dealkylation sites (tertiary alicyclic amines) is 1. The van der Waals surface area contributed by atoms with E-state index in [4.69, 9.17) is 5.73 Å². The van der Waals surface area contributed by atoms with Crippen LogP contribution in [0.5, 0.6) is 0 Å². The SMILES string of the molecule is CCN(CC)C(=O)N1CC(C)C(N)C1. The van der Waals surface area contributed by atoms with Crippen molar-refractivity contribution in [1.82, 2.24) is 9.80 Å². The van der Waals surface area contributed by atoms with Gasteiger partial charge in [-0.15, -0.1) is 0 Å². The minimum atomic E-state index is 0.134. The monoisotopic (exact) mass is 199 g/mol. The van der Waals surface area contributed by atoms with Crippen molar-refractivity contribution in [2.75, 3.05) is 26.2 Å². The fourth-order valence-corrected chi connectivity index (χ4v) is 1.84. The molecule has 1 rings (SSSR count). The number of hydrogen-bond donors (Lipinski definition) is 1. The number of nitrogens with two attached hydrogens (primary N) is 1. The molecule has 1 aliphatic heterocycles. The lowest BCUT2D eigenvalue weighted by Crippen LogP contribution is -2.42. The highest BCUT2D eigenvalue weighted by Crippen LogP contribution is 2.15. The number of rotatable bonds is 2. The number of urea groups is 1. The van der Waals surface area contributed by atoms with Crippen LogP contribution in [0.25, 0.3) is 0 Å². The smallest absolute Gasteiger partial charge is 0.320 e. The Morgan fingerprint density at radius 3 is 2.36 bits per heavy atom. The van der Waals surface area contributed by atoms with Gasteiger partial charge < -0.3 is 15.5 Å². The number of amides is 2. The normalized spacial score (nSPS) is 26.7. The first-order valence-corrected chi connectivity index (χ1v) is 5.39. The van der Waals surface area contributed by atoms with Crippen molar-refractivity contribution in [3.63, 3.8) is 0 Å². The molecule has 1 heterocycles. The highest BCUT2D eigenvalue weighted by molar-refractivity contribution is 5.74. The quantitative estimate of drug-likeness (QED) is 0.712. The Kier molecular flexibility index (Phi) is 3.75. The van der Waals surface area contributed by atoms with Gasteiger partial charge in [0.15, 0.2) is 0 Å². The van der Waals surface area contributed by atoms with E-state index in [9.17, 15) is 4.79 Å². The van der Waals surface area contributed by atoms with Crippen LogP contribution in [0.1, 0.15) is 20.8 Å². The summed E-state index contributed by atoms with van der Waals surface area (Å²) in [6.07, 6.45) is 0. The van der Waals surface area contributed by atoms with Gasteiger partial charge in [-0.1, -0.05) is 6.92 Å². The zero-order valence-corrected chi connectivity index (χ0v) is 9.36.